The third-order valence-corrected chi connectivity index (χ3v) is 3.28. The lowest BCUT2D eigenvalue weighted by molar-refractivity contribution is 0.456. The molecule has 0 fully saturated rings. The Labute approximate surface area is 114 Å². The molecule has 2 rings (SSSR count). The van der Waals surface area contributed by atoms with Crippen LogP contribution in [0.1, 0.15) is 50.1 Å². The fourth-order valence-electron chi connectivity index (χ4n) is 2.28. The Balaban J connectivity index is 2.55. The highest BCUT2D eigenvalue weighted by molar-refractivity contribution is 5.43. The van der Waals surface area contributed by atoms with E-state index in [0.717, 1.165) is 29.9 Å². The van der Waals surface area contributed by atoms with Crippen molar-refractivity contribution < 1.29 is 5.11 Å². The Morgan fingerprint density at radius 2 is 1.84 bits per heavy atom. The summed E-state index contributed by atoms with van der Waals surface area (Å²) in [6.07, 6.45) is 1.79. The number of benzene rings is 1. The van der Waals surface area contributed by atoms with Crippen LogP contribution in [-0.4, -0.2) is 14.9 Å². The summed E-state index contributed by atoms with van der Waals surface area (Å²) < 4.78 is 1.88. The van der Waals surface area contributed by atoms with Gasteiger partial charge in [0.15, 0.2) is 5.75 Å². The topological polar surface area (TPSA) is 38.0 Å². The van der Waals surface area contributed by atoms with Crippen molar-refractivity contribution >= 4 is 0 Å². The van der Waals surface area contributed by atoms with Gasteiger partial charge in [0.25, 0.3) is 0 Å². The second-order valence-electron chi connectivity index (χ2n) is 5.33. The van der Waals surface area contributed by atoms with E-state index in [0.29, 0.717) is 5.75 Å². The maximum Gasteiger partial charge on any atom is 0.160 e. The molecule has 0 saturated heterocycles. The SMILES string of the molecule is CCCc1nn(-c2ccc(C)cc2)c(C(C)C)c1O. The number of aromatic hydroxyl groups is 1. The van der Waals surface area contributed by atoms with Crippen LogP contribution in [0.25, 0.3) is 5.69 Å². The van der Waals surface area contributed by atoms with E-state index in [-0.39, 0.29) is 5.92 Å². The summed E-state index contributed by atoms with van der Waals surface area (Å²) in [6, 6.07) is 8.22. The molecule has 0 saturated carbocycles. The number of hydrogen-bond acceptors (Lipinski definition) is 2. The highest BCUT2D eigenvalue weighted by atomic mass is 16.3. The van der Waals surface area contributed by atoms with E-state index < -0.39 is 0 Å². The van der Waals surface area contributed by atoms with Crippen molar-refractivity contribution in [3.8, 4) is 11.4 Å². The summed E-state index contributed by atoms with van der Waals surface area (Å²) in [5, 5.41) is 14.9. The van der Waals surface area contributed by atoms with Crippen LogP contribution in [-0.2, 0) is 6.42 Å². The first kappa shape index (κ1) is 13.7. The Morgan fingerprint density at radius 1 is 1.21 bits per heavy atom. The molecule has 0 radical (unpaired) electrons. The minimum atomic E-state index is 0.236. The summed E-state index contributed by atoms with van der Waals surface area (Å²) in [7, 11) is 0. The van der Waals surface area contributed by atoms with Gasteiger partial charge in [0.2, 0.25) is 0 Å². The van der Waals surface area contributed by atoms with Crippen molar-refractivity contribution in [1.29, 1.82) is 0 Å². The van der Waals surface area contributed by atoms with Gasteiger partial charge in [-0.15, -0.1) is 0 Å². The van der Waals surface area contributed by atoms with Gasteiger partial charge in [0.1, 0.15) is 5.69 Å². The lowest BCUT2D eigenvalue weighted by Gasteiger charge is -2.10. The molecule has 0 atom stereocenters. The van der Waals surface area contributed by atoms with E-state index in [1.807, 2.05) is 16.8 Å². The highest BCUT2D eigenvalue weighted by Gasteiger charge is 2.20. The lowest BCUT2D eigenvalue weighted by atomic mass is 10.1. The first-order valence-electron chi connectivity index (χ1n) is 6.92. The Morgan fingerprint density at radius 3 is 2.37 bits per heavy atom. The van der Waals surface area contributed by atoms with Gasteiger partial charge in [-0.25, -0.2) is 4.68 Å². The number of aromatic nitrogens is 2. The highest BCUT2D eigenvalue weighted by Crippen LogP contribution is 2.31. The lowest BCUT2D eigenvalue weighted by Crippen LogP contribution is -2.04. The van der Waals surface area contributed by atoms with Gasteiger partial charge in [0.05, 0.1) is 11.4 Å². The number of aryl methyl sites for hydroxylation is 2. The fourth-order valence-corrected chi connectivity index (χ4v) is 2.28. The van der Waals surface area contributed by atoms with Crippen molar-refractivity contribution in [3.05, 3.63) is 41.2 Å². The molecule has 1 aromatic heterocycles. The largest absolute Gasteiger partial charge is 0.504 e. The molecule has 0 amide bonds. The maximum absolute atomic E-state index is 10.3. The average Bonchev–Trinajstić information content (AvgIpc) is 2.68. The molecular weight excluding hydrogens is 236 g/mol. The minimum Gasteiger partial charge on any atom is -0.504 e. The van der Waals surface area contributed by atoms with Crippen LogP contribution < -0.4 is 0 Å². The van der Waals surface area contributed by atoms with Crippen LogP contribution in [0.15, 0.2) is 24.3 Å². The van der Waals surface area contributed by atoms with Crippen molar-refractivity contribution in [2.24, 2.45) is 0 Å². The molecule has 2 aromatic rings. The van der Waals surface area contributed by atoms with E-state index >= 15 is 0 Å². The molecule has 3 nitrogen and oxygen atoms in total. The van der Waals surface area contributed by atoms with Gasteiger partial charge in [0, 0.05) is 0 Å². The number of hydrogen-bond donors (Lipinski definition) is 1. The van der Waals surface area contributed by atoms with Crippen LogP contribution >= 0.6 is 0 Å². The minimum absolute atomic E-state index is 0.236. The summed E-state index contributed by atoms with van der Waals surface area (Å²) in [4.78, 5) is 0. The second-order valence-corrected chi connectivity index (χ2v) is 5.33. The summed E-state index contributed by atoms with van der Waals surface area (Å²) in [5.41, 5.74) is 3.92. The monoisotopic (exact) mass is 258 g/mol. The molecule has 0 aliphatic rings. The Kier molecular flexibility index (Phi) is 3.93. The normalized spacial score (nSPS) is 11.2. The van der Waals surface area contributed by atoms with E-state index in [9.17, 15) is 5.11 Å². The first-order valence-corrected chi connectivity index (χ1v) is 6.92. The van der Waals surface area contributed by atoms with Crippen molar-refractivity contribution in [3.63, 3.8) is 0 Å². The zero-order valence-electron chi connectivity index (χ0n) is 12.1. The standard InChI is InChI=1S/C16H22N2O/c1-5-6-14-16(19)15(11(2)3)18(17-14)13-9-7-12(4)8-10-13/h7-11,19H,5-6H2,1-4H3. The van der Waals surface area contributed by atoms with Gasteiger partial charge >= 0.3 is 0 Å². The summed E-state index contributed by atoms with van der Waals surface area (Å²) in [6.45, 7) is 8.32. The van der Waals surface area contributed by atoms with Gasteiger partial charge in [-0.3, -0.25) is 0 Å². The molecule has 1 heterocycles. The number of nitrogens with zero attached hydrogens (tertiary/aromatic N) is 2. The van der Waals surface area contributed by atoms with Crippen LogP contribution in [0.5, 0.6) is 5.75 Å². The average molecular weight is 258 g/mol. The van der Waals surface area contributed by atoms with E-state index in [1.165, 1.54) is 5.56 Å². The zero-order chi connectivity index (χ0) is 14.0. The maximum atomic E-state index is 10.3. The van der Waals surface area contributed by atoms with Crippen molar-refractivity contribution in [2.75, 3.05) is 0 Å². The molecule has 0 aliphatic carbocycles. The molecule has 0 bridgehead atoms. The van der Waals surface area contributed by atoms with Crippen molar-refractivity contribution in [1.82, 2.24) is 9.78 Å². The molecule has 0 spiro atoms. The van der Waals surface area contributed by atoms with Crippen LogP contribution in [0.4, 0.5) is 0 Å². The van der Waals surface area contributed by atoms with Gasteiger partial charge in [-0.1, -0.05) is 44.9 Å². The Hall–Kier alpha value is -1.77. The first-order chi connectivity index (χ1) is 9.04. The molecule has 3 heteroatoms. The van der Waals surface area contributed by atoms with Crippen LogP contribution in [0.2, 0.25) is 0 Å². The van der Waals surface area contributed by atoms with Gasteiger partial charge in [-0.05, 0) is 31.4 Å². The second kappa shape index (κ2) is 5.47. The predicted molar refractivity (Wildman–Crippen MR) is 78.0 cm³/mol. The molecule has 1 aromatic carbocycles. The molecular formula is C16H22N2O. The van der Waals surface area contributed by atoms with E-state index in [4.69, 9.17) is 0 Å². The Bertz CT molecular complexity index is 553. The van der Waals surface area contributed by atoms with Crippen LogP contribution in [0, 0.1) is 6.92 Å². The van der Waals surface area contributed by atoms with E-state index in [2.05, 4.69) is 44.9 Å². The number of rotatable bonds is 4. The third-order valence-electron chi connectivity index (χ3n) is 3.28. The van der Waals surface area contributed by atoms with Crippen molar-refractivity contribution in [2.45, 2.75) is 46.5 Å². The molecule has 19 heavy (non-hydrogen) atoms. The van der Waals surface area contributed by atoms with Crippen LogP contribution in [0.3, 0.4) is 0 Å². The molecule has 0 unspecified atom stereocenters. The zero-order valence-corrected chi connectivity index (χ0v) is 12.1. The van der Waals surface area contributed by atoms with Gasteiger partial charge in [-0.2, -0.15) is 5.10 Å². The van der Waals surface area contributed by atoms with E-state index in [1.54, 1.807) is 0 Å². The summed E-state index contributed by atoms with van der Waals surface area (Å²) >= 11 is 0. The fraction of sp³-hybridized carbons (Fsp3) is 0.438. The molecule has 0 aliphatic heterocycles. The quantitative estimate of drug-likeness (QED) is 0.901. The predicted octanol–water partition coefficient (Wildman–Crippen LogP) is 3.96. The third kappa shape index (κ3) is 2.65. The van der Waals surface area contributed by atoms with Gasteiger partial charge < -0.3 is 5.11 Å². The summed E-state index contributed by atoms with van der Waals surface area (Å²) in [5.74, 6) is 0.594. The molecule has 102 valence electrons. The molecule has 1 N–H and O–H groups in total. The smallest absolute Gasteiger partial charge is 0.160 e.